The Bertz CT molecular complexity index is 459. The van der Waals surface area contributed by atoms with Gasteiger partial charge in [-0.25, -0.2) is 0 Å². The lowest BCUT2D eigenvalue weighted by atomic mass is 9.73. The zero-order valence-electron chi connectivity index (χ0n) is 8.93. The van der Waals surface area contributed by atoms with Crippen LogP contribution >= 0.6 is 0 Å². The maximum atomic E-state index is 12.3. The fourth-order valence-corrected chi connectivity index (χ4v) is 3.58. The van der Waals surface area contributed by atoms with Crippen molar-refractivity contribution < 1.29 is 9.59 Å². The van der Waals surface area contributed by atoms with Gasteiger partial charge in [-0.3, -0.25) is 9.59 Å². The highest BCUT2D eigenvalue weighted by Gasteiger charge is 2.54. The summed E-state index contributed by atoms with van der Waals surface area (Å²) in [5.41, 5.74) is 0.687. The Labute approximate surface area is 93.8 Å². The Morgan fingerprint density at radius 2 is 1.75 bits per heavy atom. The Balaban J connectivity index is 1.79. The average molecular weight is 215 g/mol. The highest BCUT2D eigenvalue weighted by atomic mass is 16.1. The van der Waals surface area contributed by atoms with Crippen LogP contribution in [0.4, 0.5) is 0 Å². The fourth-order valence-electron chi connectivity index (χ4n) is 3.58. The summed E-state index contributed by atoms with van der Waals surface area (Å²) in [7, 11) is 0. The normalized spacial score (nSPS) is 43.8. The number of rotatable bonds is 1. The lowest BCUT2D eigenvalue weighted by Crippen LogP contribution is -2.38. The first-order chi connectivity index (χ1) is 7.75. The van der Waals surface area contributed by atoms with E-state index in [2.05, 4.69) is 12.2 Å². The molecule has 0 unspecified atom stereocenters. The molecular weight excluding hydrogens is 202 g/mol. The first-order valence-corrected chi connectivity index (χ1v) is 5.99. The van der Waals surface area contributed by atoms with Gasteiger partial charge in [0.05, 0.1) is 5.70 Å². The highest BCUT2D eigenvalue weighted by molar-refractivity contribution is 6.11. The lowest BCUT2D eigenvalue weighted by molar-refractivity contribution is -0.130. The molecule has 0 radical (unpaired) electrons. The molecule has 3 aliphatic carbocycles. The summed E-state index contributed by atoms with van der Waals surface area (Å²) in [6.07, 6.45) is 6.88. The van der Waals surface area contributed by atoms with Gasteiger partial charge >= 0.3 is 0 Å². The van der Waals surface area contributed by atoms with E-state index in [4.69, 9.17) is 0 Å². The van der Waals surface area contributed by atoms with E-state index < -0.39 is 0 Å². The number of Topliss-reactive ketones (excluding diaryl/α,β-unsaturated/α-hetero) is 1. The third kappa shape index (κ3) is 0.938. The van der Waals surface area contributed by atoms with E-state index in [0.29, 0.717) is 17.5 Å². The Morgan fingerprint density at radius 3 is 2.44 bits per heavy atom. The first kappa shape index (κ1) is 8.74. The van der Waals surface area contributed by atoms with Crippen LogP contribution < -0.4 is 0 Å². The van der Waals surface area contributed by atoms with Gasteiger partial charge in [0.15, 0.2) is 11.6 Å². The number of ketones is 2. The van der Waals surface area contributed by atoms with E-state index in [-0.39, 0.29) is 23.4 Å². The van der Waals surface area contributed by atoms with E-state index in [0.717, 1.165) is 19.5 Å². The molecule has 0 aromatic heterocycles. The number of hydrogen-bond acceptors (Lipinski definition) is 3. The molecule has 4 rings (SSSR count). The molecule has 0 N–H and O–H groups in total. The van der Waals surface area contributed by atoms with Gasteiger partial charge in [0, 0.05) is 31.0 Å². The number of hydrogen-bond donors (Lipinski definition) is 0. The van der Waals surface area contributed by atoms with Crippen molar-refractivity contribution in [3.63, 3.8) is 0 Å². The van der Waals surface area contributed by atoms with E-state index in [1.807, 2.05) is 4.90 Å². The van der Waals surface area contributed by atoms with E-state index in [1.165, 1.54) is 0 Å². The van der Waals surface area contributed by atoms with Crippen LogP contribution in [0, 0.1) is 23.7 Å². The van der Waals surface area contributed by atoms with Crippen molar-refractivity contribution in [2.75, 3.05) is 13.1 Å². The molecule has 3 heteroatoms. The monoisotopic (exact) mass is 215 g/mol. The quantitative estimate of drug-likeness (QED) is 0.479. The van der Waals surface area contributed by atoms with Crippen molar-refractivity contribution in [1.82, 2.24) is 4.90 Å². The van der Waals surface area contributed by atoms with Crippen molar-refractivity contribution in [3.8, 4) is 0 Å². The van der Waals surface area contributed by atoms with Gasteiger partial charge in [-0.15, -0.1) is 0 Å². The van der Waals surface area contributed by atoms with Crippen LogP contribution in [-0.4, -0.2) is 29.6 Å². The van der Waals surface area contributed by atoms with Crippen molar-refractivity contribution in [3.05, 3.63) is 23.9 Å². The molecule has 16 heavy (non-hydrogen) atoms. The molecule has 0 spiro atoms. The fraction of sp³-hybridized carbons (Fsp3) is 0.538. The standard InChI is InChI=1S/C13H13NO2/c15-10-6-9(14-3-4-14)13(16)12-8-2-1-7(5-8)11(10)12/h1-2,6-8,11-12H,3-5H2/t7-,8+,11+,12-/m1/s1. The van der Waals surface area contributed by atoms with Crippen LogP contribution in [0.1, 0.15) is 6.42 Å². The number of fused-ring (bicyclic) bond motifs is 5. The van der Waals surface area contributed by atoms with Gasteiger partial charge in [0.25, 0.3) is 0 Å². The van der Waals surface area contributed by atoms with E-state index >= 15 is 0 Å². The number of carbonyl (C=O) groups excluding carboxylic acids is 2. The Morgan fingerprint density at radius 1 is 1.06 bits per heavy atom. The van der Waals surface area contributed by atoms with Crippen LogP contribution in [0.5, 0.6) is 0 Å². The van der Waals surface area contributed by atoms with Gasteiger partial charge in [0.1, 0.15) is 0 Å². The molecule has 82 valence electrons. The number of carbonyl (C=O) groups is 2. The van der Waals surface area contributed by atoms with E-state index in [9.17, 15) is 9.59 Å². The molecule has 1 saturated carbocycles. The number of allylic oxidation sites excluding steroid dienone is 4. The minimum absolute atomic E-state index is 0.0359. The first-order valence-electron chi connectivity index (χ1n) is 5.99. The van der Waals surface area contributed by atoms with Crippen molar-refractivity contribution in [2.45, 2.75) is 6.42 Å². The SMILES string of the molecule is O=C1C=C(N2CC2)C(=O)[C@H]2[C@H]1[C@@H]1C=C[C@H]2C1. The van der Waals surface area contributed by atoms with Crippen molar-refractivity contribution in [1.29, 1.82) is 0 Å². The molecule has 3 nitrogen and oxygen atoms in total. The van der Waals surface area contributed by atoms with Crippen LogP contribution in [0.3, 0.4) is 0 Å². The zero-order valence-corrected chi connectivity index (χ0v) is 8.93. The third-order valence-electron chi connectivity index (χ3n) is 4.41. The molecule has 4 atom stereocenters. The van der Waals surface area contributed by atoms with Crippen LogP contribution in [0.15, 0.2) is 23.9 Å². The van der Waals surface area contributed by atoms with Crippen LogP contribution in [0.25, 0.3) is 0 Å². The molecule has 1 heterocycles. The molecule has 1 saturated heterocycles. The molecule has 2 fully saturated rings. The summed E-state index contributed by atoms with van der Waals surface area (Å²) in [6.45, 7) is 1.87. The Hall–Kier alpha value is -1.38. The van der Waals surface area contributed by atoms with Gasteiger partial charge in [-0.05, 0) is 18.3 Å². The van der Waals surface area contributed by atoms with Crippen molar-refractivity contribution in [2.24, 2.45) is 23.7 Å². The summed E-state index contributed by atoms with van der Waals surface area (Å²) in [4.78, 5) is 26.4. The predicted octanol–water partition coefficient (Wildman–Crippen LogP) is 0.776. The van der Waals surface area contributed by atoms with Gasteiger partial charge in [-0.1, -0.05) is 12.2 Å². The van der Waals surface area contributed by atoms with Crippen LogP contribution in [-0.2, 0) is 9.59 Å². The minimum Gasteiger partial charge on any atom is -0.365 e. The molecule has 1 aliphatic heterocycles. The average Bonchev–Trinajstić information content (AvgIpc) is 2.91. The molecule has 0 amide bonds. The van der Waals surface area contributed by atoms with E-state index in [1.54, 1.807) is 6.08 Å². The second-order valence-electron chi connectivity index (χ2n) is 5.28. The molecule has 2 bridgehead atoms. The van der Waals surface area contributed by atoms with Gasteiger partial charge < -0.3 is 4.90 Å². The summed E-state index contributed by atoms with van der Waals surface area (Å²) in [6, 6.07) is 0. The smallest absolute Gasteiger partial charge is 0.183 e. The van der Waals surface area contributed by atoms with Crippen molar-refractivity contribution >= 4 is 11.6 Å². The molecule has 0 aromatic rings. The summed E-state index contributed by atoms with van der Waals surface area (Å²) >= 11 is 0. The summed E-state index contributed by atoms with van der Waals surface area (Å²) < 4.78 is 0. The highest BCUT2D eigenvalue weighted by Crippen LogP contribution is 2.51. The third-order valence-corrected chi connectivity index (χ3v) is 4.41. The second-order valence-corrected chi connectivity index (χ2v) is 5.28. The summed E-state index contributed by atoms with van der Waals surface area (Å²) in [5.74, 6) is 0.991. The minimum atomic E-state index is -0.0388. The second kappa shape index (κ2) is 2.65. The van der Waals surface area contributed by atoms with Gasteiger partial charge in [-0.2, -0.15) is 0 Å². The molecular formula is C13H13NO2. The maximum Gasteiger partial charge on any atom is 0.183 e. The Kier molecular flexibility index (Phi) is 1.45. The number of nitrogens with zero attached hydrogens (tertiary/aromatic N) is 1. The predicted molar refractivity (Wildman–Crippen MR) is 57.4 cm³/mol. The lowest BCUT2D eigenvalue weighted by Gasteiger charge is -2.29. The summed E-state index contributed by atoms with van der Waals surface area (Å²) in [5, 5.41) is 0. The maximum absolute atomic E-state index is 12.3. The molecule has 0 aromatic carbocycles. The molecule has 4 aliphatic rings. The largest absolute Gasteiger partial charge is 0.365 e. The van der Waals surface area contributed by atoms with Gasteiger partial charge in [0.2, 0.25) is 0 Å². The van der Waals surface area contributed by atoms with Crippen LogP contribution in [0.2, 0.25) is 0 Å². The zero-order chi connectivity index (χ0) is 10.9. The topological polar surface area (TPSA) is 37.1 Å².